The van der Waals surface area contributed by atoms with Crippen LogP contribution in [0, 0.1) is 0 Å². The topological polar surface area (TPSA) is 78.9 Å². The van der Waals surface area contributed by atoms with E-state index in [4.69, 9.17) is 14.2 Å². The maximum Gasteiger partial charge on any atom is 0.306 e. The molecule has 1 unspecified atom stereocenters. The second kappa shape index (κ2) is 46.3. The SMILES string of the molecule is CC/C=C\C/C=C\C/C=C\C/C=C\C/C=C\CCCC(=O)OCC(COC(=O)CCCCC/C=C\C=C/CCCC)OC(=O)CCCCCCCCCCCCCC. The third-order valence-electron chi connectivity index (χ3n) is 9.66. The molecule has 0 saturated heterocycles. The van der Waals surface area contributed by atoms with Crippen molar-refractivity contribution >= 4 is 17.9 Å². The van der Waals surface area contributed by atoms with Crippen molar-refractivity contribution in [3.63, 3.8) is 0 Å². The van der Waals surface area contributed by atoms with Gasteiger partial charge in [0.1, 0.15) is 13.2 Å². The number of carbonyl (C=O) groups is 3. The van der Waals surface area contributed by atoms with E-state index in [-0.39, 0.29) is 37.5 Å². The summed E-state index contributed by atoms with van der Waals surface area (Å²) in [4.78, 5) is 37.8. The van der Waals surface area contributed by atoms with E-state index in [1.807, 2.05) is 0 Å². The van der Waals surface area contributed by atoms with Gasteiger partial charge in [-0.3, -0.25) is 14.4 Å². The first-order chi connectivity index (χ1) is 28.5. The molecule has 0 heterocycles. The Labute approximate surface area is 356 Å². The molecule has 6 heteroatoms. The van der Waals surface area contributed by atoms with E-state index in [9.17, 15) is 14.4 Å². The van der Waals surface area contributed by atoms with Crippen molar-refractivity contribution in [2.45, 2.75) is 213 Å². The molecule has 0 aliphatic carbocycles. The number of hydrogen-bond donors (Lipinski definition) is 0. The summed E-state index contributed by atoms with van der Waals surface area (Å²) >= 11 is 0. The van der Waals surface area contributed by atoms with E-state index in [1.165, 1.54) is 70.6 Å². The van der Waals surface area contributed by atoms with Crippen LogP contribution in [-0.2, 0) is 28.6 Å². The van der Waals surface area contributed by atoms with Crippen molar-refractivity contribution < 1.29 is 28.6 Å². The lowest BCUT2D eigenvalue weighted by Crippen LogP contribution is -2.30. The lowest BCUT2D eigenvalue weighted by atomic mass is 10.0. The summed E-state index contributed by atoms with van der Waals surface area (Å²) in [6, 6.07) is 0. The van der Waals surface area contributed by atoms with Gasteiger partial charge in [0.25, 0.3) is 0 Å². The Kier molecular flexibility index (Phi) is 43.6. The van der Waals surface area contributed by atoms with E-state index < -0.39 is 6.10 Å². The summed E-state index contributed by atoms with van der Waals surface area (Å²) in [5.74, 6) is -0.998. The van der Waals surface area contributed by atoms with Gasteiger partial charge in [-0.15, -0.1) is 0 Å². The molecule has 1 atom stereocenters. The van der Waals surface area contributed by atoms with Crippen LogP contribution in [0.25, 0.3) is 0 Å². The minimum Gasteiger partial charge on any atom is -0.462 e. The fourth-order valence-corrected chi connectivity index (χ4v) is 6.10. The normalized spacial score (nSPS) is 12.8. The molecular formula is C52H86O6. The molecule has 58 heavy (non-hydrogen) atoms. The van der Waals surface area contributed by atoms with Crippen LogP contribution in [0.15, 0.2) is 85.1 Å². The lowest BCUT2D eigenvalue weighted by Gasteiger charge is -2.18. The van der Waals surface area contributed by atoms with Crippen LogP contribution in [0.3, 0.4) is 0 Å². The monoisotopic (exact) mass is 807 g/mol. The Morgan fingerprint density at radius 1 is 0.379 bits per heavy atom. The molecule has 0 aliphatic heterocycles. The smallest absolute Gasteiger partial charge is 0.306 e. The molecule has 0 N–H and O–H groups in total. The van der Waals surface area contributed by atoms with E-state index in [1.54, 1.807) is 0 Å². The number of carbonyl (C=O) groups excluding carboxylic acids is 3. The van der Waals surface area contributed by atoms with Gasteiger partial charge in [0.15, 0.2) is 6.10 Å². The predicted octanol–water partition coefficient (Wildman–Crippen LogP) is 15.3. The average Bonchev–Trinajstić information content (AvgIpc) is 3.22. The van der Waals surface area contributed by atoms with Gasteiger partial charge in [-0.2, -0.15) is 0 Å². The van der Waals surface area contributed by atoms with Gasteiger partial charge >= 0.3 is 17.9 Å². The maximum absolute atomic E-state index is 12.7. The summed E-state index contributed by atoms with van der Waals surface area (Å²) in [5.41, 5.74) is 0. The quantitative estimate of drug-likeness (QED) is 0.0201. The Bertz CT molecular complexity index is 1160. The number of rotatable bonds is 41. The molecule has 0 bridgehead atoms. The Hall–Kier alpha value is -3.41. The molecular weight excluding hydrogens is 721 g/mol. The van der Waals surface area contributed by atoms with Crippen molar-refractivity contribution in [1.82, 2.24) is 0 Å². The molecule has 0 fully saturated rings. The molecule has 0 rings (SSSR count). The Balaban J connectivity index is 4.50. The third-order valence-corrected chi connectivity index (χ3v) is 9.66. The molecule has 330 valence electrons. The fraction of sp³-hybridized carbons (Fsp3) is 0.673. The average molecular weight is 807 g/mol. The van der Waals surface area contributed by atoms with E-state index >= 15 is 0 Å². The van der Waals surface area contributed by atoms with Gasteiger partial charge in [-0.05, 0) is 77.0 Å². The standard InChI is InChI=1S/C52H86O6/c1-4-7-10-13-16-19-22-24-25-26-27-28-31-33-36-39-42-45-51(54)57-48-49(47-56-50(53)44-41-38-35-32-29-21-18-15-12-9-6-3)58-52(55)46-43-40-37-34-30-23-20-17-14-11-8-5-2/h7,10,15-16,18-19,21,24-25,27-29,33,36,49H,4-6,8-9,11-14,17,20,22-23,26,30-32,34-35,37-48H2,1-3H3/b10-7-,18-15-,19-16-,25-24-,28-27-,29-21-,36-33-. The zero-order chi connectivity index (χ0) is 42.3. The summed E-state index contributed by atoms with van der Waals surface area (Å²) in [5, 5.41) is 0. The maximum atomic E-state index is 12.7. The van der Waals surface area contributed by atoms with Crippen LogP contribution >= 0.6 is 0 Å². The van der Waals surface area contributed by atoms with E-state index in [0.717, 1.165) is 89.9 Å². The largest absolute Gasteiger partial charge is 0.462 e. The second-order valence-corrected chi connectivity index (χ2v) is 15.3. The zero-order valence-electron chi connectivity index (χ0n) is 37.5. The molecule has 0 spiro atoms. The highest BCUT2D eigenvalue weighted by Crippen LogP contribution is 2.14. The third kappa shape index (κ3) is 43.7. The van der Waals surface area contributed by atoms with Crippen LogP contribution in [0.2, 0.25) is 0 Å². The van der Waals surface area contributed by atoms with Crippen LogP contribution in [0.1, 0.15) is 207 Å². The highest BCUT2D eigenvalue weighted by molar-refractivity contribution is 5.71. The molecule has 0 aliphatic rings. The highest BCUT2D eigenvalue weighted by atomic mass is 16.6. The number of unbranched alkanes of at least 4 members (excludes halogenated alkanes) is 17. The van der Waals surface area contributed by atoms with Gasteiger partial charge in [0.05, 0.1) is 0 Å². The predicted molar refractivity (Wildman–Crippen MR) is 247 cm³/mol. The fourth-order valence-electron chi connectivity index (χ4n) is 6.10. The minimum absolute atomic E-state index is 0.108. The molecule has 6 nitrogen and oxygen atoms in total. The summed E-state index contributed by atoms with van der Waals surface area (Å²) < 4.78 is 16.6. The van der Waals surface area contributed by atoms with Crippen molar-refractivity contribution in [3.8, 4) is 0 Å². The molecule has 0 radical (unpaired) electrons. The van der Waals surface area contributed by atoms with Crippen molar-refractivity contribution in [3.05, 3.63) is 85.1 Å². The number of hydrogen-bond acceptors (Lipinski definition) is 6. The van der Waals surface area contributed by atoms with Gasteiger partial charge in [-0.1, -0.05) is 196 Å². The number of esters is 3. The van der Waals surface area contributed by atoms with Gasteiger partial charge in [-0.25, -0.2) is 0 Å². The Morgan fingerprint density at radius 2 is 0.759 bits per heavy atom. The van der Waals surface area contributed by atoms with Crippen LogP contribution in [-0.4, -0.2) is 37.2 Å². The van der Waals surface area contributed by atoms with Crippen LogP contribution in [0.4, 0.5) is 0 Å². The van der Waals surface area contributed by atoms with Gasteiger partial charge in [0.2, 0.25) is 0 Å². The first-order valence-electron chi connectivity index (χ1n) is 23.6. The second-order valence-electron chi connectivity index (χ2n) is 15.3. The number of allylic oxidation sites excluding steroid dienone is 14. The minimum atomic E-state index is -0.806. The van der Waals surface area contributed by atoms with Crippen molar-refractivity contribution in [2.75, 3.05) is 13.2 Å². The van der Waals surface area contributed by atoms with Gasteiger partial charge in [0, 0.05) is 19.3 Å². The zero-order valence-corrected chi connectivity index (χ0v) is 37.5. The summed E-state index contributed by atoms with van der Waals surface area (Å²) in [7, 11) is 0. The first-order valence-corrected chi connectivity index (χ1v) is 23.6. The first kappa shape index (κ1) is 54.6. The van der Waals surface area contributed by atoms with E-state index in [2.05, 4.69) is 106 Å². The molecule has 0 aromatic rings. The molecule has 0 aromatic heterocycles. The molecule has 0 amide bonds. The molecule has 0 saturated carbocycles. The highest BCUT2D eigenvalue weighted by Gasteiger charge is 2.19. The van der Waals surface area contributed by atoms with Crippen molar-refractivity contribution in [1.29, 1.82) is 0 Å². The summed E-state index contributed by atoms with van der Waals surface area (Å²) in [6.45, 7) is 6.37. The summed E-state index contributed by atoms with van der Waals surface area (Å²) in [6.07, 6.45) is 58.6. The Morgan fingerprint density at radius 3 is 1.26 bits per heavy atom. The van der Waals surface area contributed by atoms with Crippen LogP contribution in [0.5, 0.6) is 0 Å². The van der Waals surface area contributed by atoms with Crippen LogP contribution < -0.4 is 0 Å². The molecule has 0 aromatic carbocycles. The van der Waals surface area contributed by atoms with Gasteiger partial charge < -0.3 is 14.2 Å². The van der Waals surface area contributed by atoms with Crippen molar-refractivity contribution in [2.24, 2.45) is 0 Å². The number of ether oxygens (including phenoxy) is 3. The van der Waals surface area contributed by atoms with E-state index in [0.29, 0.717) is 19.3 Å². The lowest BCUT2D eigenvalue weighted by molar-refractivity contribution is -0.167.